The molecule has 0 saturated carbocycles. The van der Waals surface area contributed by atoms with Crippen LogP contribution in [0.3, 0.4) is 0 Å². The van der Waals surface area contributed by atoms with Crippen LogP contribution in [-0.4, -0.2) is 0 Å². The molecule has 0 atom stereocenters. The van der Waals surface area contributed by atoms with E-state index >= 15 is 0 Å². The number of fused-ring (bicyclic) bond motifs is 8. The quantitative estimate of drug-likeness (QED) is 0.183. The summed E-state index contributed by atoms with van der Waals surface area (Å²) in [6, 6.07) is 41.2. The second kappa shape index (κ2) is 13.3. The van der Waals surface area contributed by atoms with E-state index in [1.165, 1.54) is 77.2 Å². The minimum atomic E-state index is 0. The Kier molecular flexibility index (Phi) is 10.1. The van der Waals surface area contributed by atoms with Crippen molar-refractivity contribution in [2.24, 2.45) is 0 Å². The first-order valence-corrected chi connectivity index (χ1v) is 17.9. The summed E-state index contributed by atoms with van der Waals surface area (Å²) in [4.78, 5) is 0. The van der Waals surface area contributed by atoms with Crippen molar-refractivity contribution in [2.75, 3.05) is 0 Å². The smallest absolute Gasteiger partial charge is 0.00994 e. The number of halogens is 2. The first-order chi connectivity index (χ1) is 21.4. The number of hydrogen-bond acceptors (Lipinski definition) is 0. The van der Waals surface area contributed by atoms with Crippen LogP contribution >= 0.6 is 0 Å². The molecule has 0 saturated heterocycles. The second-order valence-electron chi connectivity index (χ2n) is 15.1. The number of rotatable bonds is 1. The molecule has 0 unspecified atom stereocenters. The van der Waals surface area contributed by atoms with Crippen molar-refractivity contribution >= 4 is 21.5 Å². The van der Waals surface area contributed by atoms with Crippen molar-refractivity contribution in [3.05, 3.63) is 143 Å². The van der Waals surface area contributed by atoms with E-state index in [9.17, 15) is 0 Å². The van der Waals surface area contributed by atoms with Gasteiger partial charge < -0.3 is 24.8 Å². The maximum atomic E-state index is 2.45. The van der Waals surface area contributed by atoms with Gasteiger partial charge in [-0.3, -0.25) is 0 Å². The molecule has 2 aliphatic rings. The minimum Gasteiger partial charge on any atom is -1.00 e. The van der Waals surface area contributed by atoms with Gasteiger partial charge in [0.25, 0.3) is 0 Å². The molecule has 0 aromatic heterocycles. The van der Waals surface area contributed by atoms with E-state index in [2.05, 4.69) is 158 Å². The Morgan fingerprint density at radius 3 is 1.17 bits per heavy atom. The van der Waals surface area contributed by atoms with Crippen LogP contribution in [0, 0.1) is 0 Å². The predicted octanol–water partition coefficient (Wildman–Crippen LogP) is 6.42. The summed E-state index contributed by atoms with van der Waals surface area (Å²) in [6.07, 6.45) is 1.15. The first-order valence-electron chi connectivity index (χ1n) is 16.5. The van der Waals surface area contributed by atoms with Gasteiger partial charge in [0.2, 0.25) is 0 Å². The molecule has 0 aliphatic heterocycles. The van der Waals surface area contributed by atoms with Gasteiger partial charge in [0.15, 0.2) is 0 Å². The third-order valence-electron chi connectivity index (χ3n) is 10.0. The summed E-state index contributed by atoms with van der Waals surface area (Å²) in [5.74, 6) is 0.522. The van der Waals surface area contributed by atoms with Crippen molar-refractivity contribution < 1.29 is 49.5 Å². The van der Waals surface area contributed by atoms with Crippen LogP contribution in [0.4, 0.5) is 0 Å². The monoisotopic (exact) mass is 731 g/mol. The molecule has 0 radical (unpaired) electrons. The van der Waals surface area contributed by atoms with Crippen molar-refractivity contribution in [3.8, 4) is 22.3 Å². The van der Waals surface area contributed by atoms with E-state index in [4.69, 9.17) is 0 Å². The average Bonchev–Trinajstić information content (AvgIpc) is 3.47. The number of benzene rings is 6. The van der Waals surface area contributed by atoms with Gasteiger partial charge >= 0.3 is 150 Å². The van der Waals surface area contributed by atoms with Crippen LogP contribution in [0.2, 0.25) is 0 Å². The maximum absolute atomic E-state index is 2.45. The Morgan fingerprint density at radius 1 is 0.468 bits per heavy atom. The molecule has 47 heavy (non-hydrogen) atoms. The van der Waals surface area contributed by atoms with Gasteiger partial charge in [-0.1, -0.05) is 55.5 Å². The molecule has 2 aliphatic carbocycles. The number of hydrogen-bond donors (Lipinski definition) is 0. The average molecular weight is 734 g/mol. The zero-order valence-electron chi connectivity index (χ0n) is 28.5. The molecule has 0 spiro atoms. The summed E-state index contributed by atoms with van der Waals surface area (Å²) in [6.45, 7) is 16.1. The molecule has 0 fully saturated rings. The van der Waals surface area contributed by atoms with E-state index in [0.29, 0.717) is 9.54 Å². The van der Waals surface area contributed by atoms with Gasteiger partial charge in [0.05, 0.1) is 0 Å². The fourth-order valence-electron chi connectivity index (χ4n) is 7.36. The molecule has 8 rings (SSSR count). The van der Waals surface area contributed by atoms with Gasteiger partial charge in [0, 0.05) is 5.92 Å². The van der Waals surface area contributed by atoms with Gasteiger partial charge in [-0.25, -0.2) is 0 Å². The van der Waals surface area contributed by atoms with E-state index in [1.807, 2.05) is 0 Å². The molecule has 3 heteroatoms. The van der Waals surface area contributed by atoms with Gasteiger partial charge in [0.1, 0.15) is 0 Å². The second-order valence-corrected chi connectivity index (χ2v) is 16.5. The summed E-state index contributed by atoms with van der Waals surface area (Å²) in [5, 5.41) is 5.37. The molecule has 0 N–H and O–H groups in total. The van der Waals surface area contributed by atoms with Crippen LogP contribution in [0.25, 0.3) is 43.8 Å². The van der Waals surface area contributed by atoms with Crippen molar-refractivity contribution in [3.63, 3.8) is 0 Å². The zero-order valence-corrected chi connectivity index (χ0v) is 32.5. The van der Waals surface area contributed by atoms with Gasteiger partial charge in [-0.2, -0.15) is 0 Å². The van der Waals surface area contributed by atoms with Crippen molar-refractivity contribution in [1.82, 2.24) is 0 Å². The molecule has 6 aromatic carbocycles. The molecule has 0 amide bonds. The molecular weight excluding hydrogens is 691 g/mol. The molecular formula is C44H43Cl2Zr. The Labute approximate surface area is 309 Å². The zero-order chi connectivity index (χ0) is 31.7. The van der Waals surface area contributed by atoms with E-state index in [-0.39, 0.29) is 35.6 Å². The fourth-order valence-corrected chi connectivity index (χ4v) is 8.53. The Hall–Kier alpha value is -2.70. The Balaban J connectivity index is 0.000000177. The molecule has 237 valence electrons. The standard InChI is InChI=1S/C23H18.C21H25.2ClH.Zr/c1-2-19-20-11-15-7-3-5-9-17(15)13-22(20)23-14-18-10-6-4-8-16(18)12-21(19)23;1-20(2,3)16-7-9-18-14(12-16)11-15-13-17(21(4,5)6)8-10-19(15)18;;;/h3-14,19H,2H2,1H3;7-13H,1-6H3;2*1H;/q;;;;+2/p-2. The van der Waals surface area contributed by atoms with Crippen LogP contribution in [-0.2, 0) is 35.5 Å². The molecule has 0 bridgehead atoms. The molecule has 6 aromatic rings. The van der Waals surface area contributed by atoms with Gasteiger partial charge in [-0.15, -0.1) is 0 Å². The largest absolute Gasteiger partial charge is 1.00 e. The van der Waals surface area contributed by atoms with E-state index in [1.54, 1.807) is 24.7 Å². The van der Waals surface area contributed by atoms with Crippen LogP contribution in [0.15, 0.2) is 109 Å². The van der Waals surface area contributed by atoms with E-state index < -0.39 is 0 Å². The van der Waals surface area contributed by atoms with Crippen molar-refractivity contribution in [1.29, 1.82) is 0 Å². The van der Waals surface area contributed by atoms with Crippen molar-refractivity contribution in [2.45, 2.75) is 75.3 Å². The van der Waals surface area contributed by atoms with Crippen LogP contribution in [0.1, 0.15) is 97.8 Å². The van der Waals surface area contributed by atoms with Crippen LogP contribution in [0.5, 0.6) is 0 Å². The summed E-state index contributed by atoms with van der Waals surface area (Å²) in [5.41, 5.74) is 15.1. The summed E-state index contributed by atoms with van der Waals surface area (Å²) < 4.78 is 0.585. The Bertz CT molecular complexity index is 1950. The summed E-state index contributed by atoms with van der Waals surface area (Å²) in [7, 11) is 0. The SMILES string of the molecule is CC(C)(C)c1ccc2c(c1)[CH]([Zr+2])c1cc(C(C)(C)C)ccc1-2.CCC1c2cc3ccccc3cc2-c2cc3ccccc3cc21.[Cl-].[Cl-]. The van der Waals surface area contributed by atoms with Gasteiger partial charge in [-0.05, 0) is 74.5 Å². The summed E-state index contributed by atoms with van der Waals surface area (Å²) >= 11 is 1.59. The Morgan fingerprint density at radius 2 is 0.830 bits per heavy atom. The van der Waals surface area contributed by atoms with Crippen LogP contribution < -0.4 is 24.8 Å². The molecule has 0 nitrogen and oxygen atoms in total. The third-order valence-corrected chi connectivity index (χ3v) is 11.6. The topological polar surface area (TPSA) is 0 Å². The normalized spacial score (nSPS) is 13.6. The minimum absolute atomic E-state index is 0. The predicted molar refractivity (Wildman–Crippen MR) is 190 cm³/mol. The maximum Gasteiger partial charge on any atom is 0.00994 e. The fraction of sp³-hybridized carbons (Fsp3) is 0.273. The molecule has 0 heterocycles. The first kappa shape index (κ1) is 35.6. The third kappa shape index (κ3) is 6.42. The van der Waals surface area contributed by atoms with E-state index in [0.717, 1.165) is 6.42 Å².